The Kier molecular flexibility index (Phi) is 2.96. The molecule has 2 rings (SSSR count). The summed E-state index contributed by atoms with van der Waals surface area (Å²) in [6.07, 6.45) is 0. The van der Waals surface area contributed by atoms with E-state index in [4.69, 9.17) is 10.3 Å². The van der Waals surface area contributed by atoms with Gasteiger partial charge in [-0.25, -0.2) is 4.39 Å². The summed E-state index contributed by atoms with van der Waals surface area (Å²) in [5.74, 6) is 0.254. The van der Waals surface area contributed by atoms with Crippen molar-refractivity contribution in [2.45, 2.75) is 0 Å². The van der Waals surface area contributed by atoms with Crippen molar-refractivity contribution >= 4 is 44.3 Å². The third-order valence-electron chi connectivity index (χ3n) is 1.84. The van der Waals surface area contributed by atoms with Crippen LogP contribution in [0.3, 0.4) is 0 Å². The van der Waals surface area contributed by atoms with Crippen molar-refractivity contribution in [1.29, 1.82) is 0 Å². The van der Waals surface area contributed by atoms with E-state index in [1.165, 1.54) is 6.07 Å². The predicted molar refractivity (Wildman–Crippen MR) is 66.7 cm³/mol. The highest BCUT2D eigenvalue weighted by Gasteiger charge is 2.16. The Bertz CT molecular complexity index is 515. The largest absolute Gasteiger partial charge is 0.380 e. The number of nitrogens with two attached hydrogens (primary N) is 1. The minimum absolute atomic E-state index is 0.271. The number of hydrogen-bond donors (Lipinski definition) is 1. The fourth-order valence-corrected chi connectivity index (χ4v) is 1.95. The Balaban J connectivity index is 2.59. The first-order valence-electron chi connectivity index (χ1n) is 3.95. The van der Waals surface area contributed by atoms with E-state index < -0.39 is 0 Å². The summed E-state index contributed by atoms with van der Waals surface area (Å²) in [4.78, 5) is 0. The molecule has 0 saturated carbocycles. The maximum Gasteiger partial charge on any atom is 0.185 e. The summed E-state index contributed by atoms with van der Waals surface area (Å²) >= 11 is 5.15. The van der Waals surface area contributed by atoms with E-state index >= 15 is 0 Å². The van der Waals surface area contributed by atoms with Gasteiger partial charge in [0.05, 0.1) is 5.56 Å². The molecular formula is C9H5BrFIN2O. The SMILES string of the molecule is Nc1noc(-c2ccc(Br)cc2F)c1I. The zero-order chi connectivity index (χ0) is 11.0. The molecule has 0 aliphatic carbocycles. The number of rotatable bonds is 1. The molecule has 0 saturated heterocycles. The Morgan fingerprint density at radius 3 is 2.73 bits per heavy atom. The van der Waals surface area contributed by atoms with E-state index in [2.05, 4.69) is 21.1 Å². The van der Waals surface area contributed by atoms with Gasteiger partial charge in [-0.15, -0.1) is 0 Å². The molecule has 3 nitrogen and oxygen atoms in total. The summed E-state index contributed by atoms with van der Waals surface area (Å²) in [7, 11) is 0. The van der Waals surface area contributed by atoms with Gasteiger partial charge in [0.15, 0.2) is 11.6 Å². The summed E-state index contributed by atoms with van der Waals surface area (Å²) < 4.78 is 19.8. The maximum absolute atomic E-state index is 13.6. The minimum Gasteiger partial charge on any atom is -0.380 e. The zero-order valence-corrected chi connectivity index (χ0v) is 11.0. The predicted octanol–water partition coefficient (Wildman–Crippen LogP) is 3.43. The molecule has 1 aromatic heterocycles. The van der Waals surface area contributed by atoms with Gasteiger partial charge in [-0.2, -0.15) is 0 Å². The lowest BCUT2D eigenvalue weighted by Crippen LogP contribution is -1.88. The van der Waals surface area contributed by atoms with Crippen molar-refractivity contribution in [3.05, 3.63) is 32.1 Å². The van der Waals surface area contributed by atoms with Crippen LogP contribution in [0.1, 0.15) is 0 Å². The molecule has 1 heterocycles. The van der Waals surface area contributed by atoms with Crippen LogP contribution in [0.2, 0.25) is 0 Å². The quantitative estimate of drug-likeness (QED) is 0.769. The van der Waals surface area contributed by atoms with Crippen LogP contribution in [0.25, 0.3) is 11.3 Å². The van der Waals surface area contributed by atoms with Gasteiger partial charge in [0, 0.05) is 4.47 Å². The van der Waals surface area contributed by atoms with Crippen molar-refractivity contribution < 1.29 is 8.91 Å². The highest BCUT2D eigenvalue weighted by atomic mass is 127. The topological polar surface area (TPSA) is 52.0 Å². The van der Waals surface area contributed by atoms with Crippen LogP contribution in [0.5, 0.6) is 0 Å². The Morgan fingerprint density at radius 1 is 1.47 bits per heavy atom. The second-order valence-corrected chi connectivity index (χ2v) is 4.83. The van der Waals surface area contributed by atoms with Gasteiger partial charge in [0.25, 0.3) is 0 Å². The van der Waals surface area contributed by atoms with E-state index in [1.54, 1.807) is 12.1 Å². The molecule has 0 atom stereocenters. The number of nitrogens with zero attached hydrogens (tertiary/aromatic N) is 1. The normalized spacial score (nSPS) is 10.6. The Labute approximate surface area is 107 Å². The molecule has 0 spiro atoms. The summed E-state index contributed by atoms with van der Waals surface area (Å²) in [6.45, 7) is 0. The van der Waals surface area contributed by atoms with Gasteiger partial charge >= 0.3 is 0 Å². The van der Waals surface area contributed by atoms with Crippen molar-refractivity contribution in [3.63, 3.8) is 0 Å². The van der Waals surface area contributed by atoms with E-state index in [0.717, 1.165) is 0 Å². The summed E-state index contributed by atoms with van der Waals surface area (Å²) in [6, 6.07) is 4.71. The molecule has 0 bridgehead atoms. The van der Waals surface area contributed by atoms with E-state index in [9.17, 15) is 4.39 Å². The zero-order valence-electron chi connectivity index (χ0n) is 7.30. The molecule has 0 radical (unpaired) electrons. The molecule has 0 fully saturated rings. The smallest absolute Gasteiger partial charge is 0.185 e. The van der Waals surface area contributed by atoms with Gasteiger partial charge in [0.2, 0.25) is 0 Å². The number of aromatic nitrogens is 1. The first kappa shape index (κ1) is 10.9. The monoisotopic (exact) mass is 382 g/mol. The third-order valence-corrected chi connectivity index (χ3v) is 3.37. The van der Waals surface area contributed by atoms with Crippen LogP contribution < -0.4 is 5.73 Å². The number of benzene rings is 1. The molecule has 15 heavy (non-hydrogen) atoms. The number of hydrogen-bond acceptors (Lipinski definition) is 3. The van der Waals surface area contributed by atoms with Gasteiger partial charge in [0.1, 0.15) is 9.39 Å². The van der Waals surface area contributed by atoms with Crippen LogP contribution in [0.4, 0.5) is 10.2 Å². The molecular weight excluding hydrogens is 378 g/mol. The van der Waals surface area contributed by atoms with Gasteiger partial charge in [-0.3, -0.25) is 0 Å². The first-order chi connectivity index (χ1) is 7.09. The molecule has 0 unspecified atom stereocenters. The highest BCUT2D eigenvalue weighted by molar-refractivity contribution is 14.1. The highest BCUT2D eigenvalue weighted by Crippen LogP contribution is 2.31. The maximum atomic E-state index is 13.6. The Hall–Kier alpha value is -0.630. The van der Waals surface area contributed by atoms with E-state index in [1.807, 2.05) is 22.6 Å². The van der Waals surface area contributed by atoms with Gasteiger partial charge < -0.3 is 10.3 Å². The second-order valence-electron chi connectivity index (χ2n) is 2.84. The molecule has 2 aromatic rings. The fraction of sp³-hybridized carbons (Fsp3) is 0. The van der Waals surface area contributed by atoms with Crippen molar-refractivity contribution in [1.82, 2.24) is 5.16 Å². The number of halogens is 3. The summed E-state index contributed by atoms with van der Waals surface area (Å²) in [5, 5.41) is 3.57. The average Bonchev–Trinajstić information content (AvgIpc) is 2.49. The van der Waals surface area contributed by atoms with E-state index in [0.29, 0.717) is 19.4 Å². The molecule has 0 aliphatic rings. The third kappa shape index (κ3) is 2.00. The summed E-state index contributed by atoms with van der Waals surface area (Å²) in [5.41, 5.74) is 5.87. The fourth-order valence-electron chi connectivity index (χ4n) is 1.13. The lowest BCUT2D eigenvalue weighted by molar-refractivity contribution is 0.433. The van der Waals surface area contributed by atoms with Crippen LogP contribution in [-0.4, -0.2) is 5.16 Å². The van der Waals surface area contributed by atoms with Crippen molar-refractivity contribution in [2.75, 3.05) is 5.73 Å². The van der Waals surface area contributed by atoms with Crippen molar-refractivity contribution in [2.24, 2.45) is 0 Å². The molecule has 2 N–H and O–H groups in total. The number of anilines is 1. The first-order valence-corrected chi connectivity index (χ1v) is 5.83. The standard InChI is InChI=1S/C9H5BrFIN2O/c10-4-1-2-5(6(11)3-4)8-7(12)9(13)14-15-8/h1-3H,(H2,13,14). The van der Waals surface area contributed by atoms with E-state index in [-0.39, 0.29) is 11.6 Å². The van der Waals surface area contributed by atoms with Crippen LogP contribution >= 0.6 is 38.5 Å². The van der Waals surface area contributed by atoms with Crippen molar-refractivity contribution in [3.8, 4) is 11.3 Å². The molecule has 78 valence electrons. The van der Waals surface area contributed by atoms with Gasteiger partial charge in [-0.05, 0) is 40.8 Å². The number of nitrogen functional groups attached to an aromatic ring is 1. The minimum atomic E-state index is -0.376. The van der Waals surface area contributed by atoms with Crippen LogP contribution in [0, 0.1) is 9.39 Å². The van der Waals surface area contributed by atoms with Gasteiger partial charge in [-0.1, -0.05) is 21.1 Å². The van der Waals surface area contributed by atoms with Crippen LogP contribution in [-0.2, 0) is 0 Å². The lowest BCUT2D eigenvalue weighted by atomic mass is 10.1. The molecule has 0 amide bonds. The average molecular weight is 383 g/mol. The molecule has 6 heteroatoms. The Morgan fingerprint density at radius 2 is 2.20 bits per heavy atom. The lowest BCUT2D eigenvalue weighted by Gasteiger charge is -1.99. The second kappa shape index (κ2) is 4.09. The molecule has 1 aromatic carbocycles. The van der Waals surface area contributed by atoms with Crippen LogP contribution in [0.15, 0.2) is 27.2 Å². The molecule has 0 aliphatic heterocycles.